The van der Waals surface area contributed by atoms with Crippen LogP contribution in [0.3, 0.4) is 0 Å². The lowest BCUT2D eigenvalue weighted by Gasteiger charge is -2.32. The molecule has 5 nitrogen and oxygen atoms in total. The Kier molecular flexibility index (Phi) is 5.86. The van der Waals surface area contributed by atoms with Gasteiger partial charge in [0, 0.05) is 27.2 Å². The van der Waals surface area contributed by atoms with E-state index in [1.54, 1.807) is 0 Å². The lowest BCUT2D eigenvalue weighted by molar-refractivity contribution is -0.128. The molecule has 1 heterocycles. The Morgan fingerprint density at radius 3 is 2.50 bits per heavy atom. The maximum Gasteiger partial charge on any atom is 0.394 e. The van der Waals surface area contributed by atoms with E-state index >= 15 is 0 Å². The van der Waals surface area contributed by atoms with Crippen molar-refractivity contribution in [1.82, 2.24) is 0 Å². The van der Waals surface area contributed by atoms with Gasteiger partial charge in [-0.05, 0) is 24.8 Å². The van der Waals surface area contributed by atoms with Crippen molar-refractivity contribution in [3.63, 3.8) is 0 Å². The van der Waals surface area contributed by atoms with Crippen LogP contribution in [0.2, 0.25) is 0 Å². The topological polar surface area (TPSA) is 54.0 Å². The van der Waals surface area contributed by atoms with Crippen molar-refractivity contribution in [2.45, 2.75) is 33.5 Å². The number of ether oxygens (including phenoxy) is 2. The first-order chi connectivity index (χ1) is 8.46. The normalized spacial score (nSPS) is 24.9. The van der Waals surface area contributed by atoms with Crippen molar-refractivity contribution in [1.29, 1.82) is 0 Å². The monoisotopic (exact) mass is 278 g/mol. The summed E-state index contributed by atoms with van der Waals surface area (Å²) in [6.45, 7) is 6.67. The molecular weight excluding hydrogens is 255 g/mol. The molecule has 0 amide bonds. The minimum atomic E-state index is -3.34. The highest BCUT2D eigenvalue weighted by Crippen LogP contribution is 2.57. The molecule has 0 radical (unpaired) electrons. The summed E-state index contributed by atoms with van der Waals surface area (Å²) in [5.74, 6) is 0.651. The van der Waals surface area contributed by atoms with Crippen molar-refractivity contribution in [2.24, 2.45) is 11.8 Å². The van der Waals surface area contributed by atoms with Crippen molar-refractivity contribution in [3.05, 3.63) is 11.6 Å². The first-order valence-corrected chi connectivity index (χ1v) is 7.73. The fourth-order valence-electron chi connectivity index (χ4n) is 1.86. The second-order valence-corrected chi connectivity index (χ2v) is 6.68. The third-order valence-electron chi connectivity index (χ3n) is 3.03. The second-order valence-electron chi connectivity index (χ2n) is 4.51. The average Bonchev–Trinajstić information content (AvgIpc) is 2.37. The SMILES string of the molecule is CCO[C@H]1C[C@@H](C(C)C)C=C(P(=O)(OC)OC)O1. The summed E-state index contributed by atoms with van der Waals surface area (Å²) in [5.41, 5.74) is 0.260. The van der Waals surface area contributed by atoms with Crippen molar-refractivity contribution in [3.8, 4) is 0 Å². The van der Waals surface area contributed by atoms with E-state index in [0.717, 1.165) is 6.42 Å². The third-order valence-corrected chi connectivity index (χ3v) is 4.79. The number of hydrogen-bond acceptors (Lipinski definition) is 5. The van der Waals surface area contributed by atoms with Gasteiger partial charge in [0.05, 0.1) is 0 Å². The summed E-state index contributed by atoms with van der Waals surface area (Å²) in [6, 6.07) is 0. The van der Waals surface area contributed by atoms with Crippen LogP contribution >= 0.6 is 7.60 Å². The minimum Gasteiger partial charge on any atom is -0.457 e. The van der Waals surface area contributed by atoms with E-state index in [1.165, 1.54) is 14.2 Å². The molecule has 0 spiro atoms. The number of allylic oxidation sites excluding steroid dienone is 1. The molecule has 0 aromatic heterocycles. The van der Waals surface area contributed by atoms with Gasteiger partial charge < -0.3 is 18.5 Å². The third kappa shape index (κ3) is 3.58. The van der Waals surface area contributed by atoms with E-state index in [9.17, 15) is 4.57 Å². The highest BCUT2D eigenvalue weighted by atomic mass is 31.2. The Morgan fingerprint density at radius 1 is 1.44 bits per heavy atom. The van der Waals surface area contributed by atoms with Gasteiger partial charge in [0.25, 0.3) is 0 Å². The Balaban J connectivity index is 2.97. The fourth-order valence-corrected chi connectivity index (χ4v) is 2.99. The first-order valence-electron chi connectivity index (χ1n) is 6.19. The van der Waals surface area contributed by atoms with Gasteiger partial charge >= 0.3 is 7.60 Å². The maximum absolute atomic E-state index is 12.3. The molecule has 0 aromatic rings. The second kappa shape index (κ2) is 6.71. The van der Waals surface area contributed by atoms with E-state index in [1.807, 2.05) is 13.0 Å². The van der Waals surface area contributed by atoms with E-state index in [0.29, 0.717) is 12.5 Å². The molecule has 1 rings (SSSR count). The van der Waals surface area contributed by atoms with Crippen LogP contribution in [0.1, 0.15) is 27.2 Å². The highest BCUT2D eigenvalue weighted by molar-refractivity contribution is 7.58. The van der Waals surface area contributed by atoms with Gasteiger partial charge in [-0.3, -0.25) is 4.57 Å². The molecule has 18 heavy (non-hydrogen) atoms. The zero-order valence-electron chi connectivity index (χ0n) is 11.7. The van der Waals surface area contributed by atoms with Gasteiger partial charge in [0.1, 0.15) is 0 Å². The predicted molar refractivity (Wildman–Crippen MR) is 69.2 cm³/mol. The maximum atomic E-state index is 12.3. The highest BCUT2D eigenvalue weighted by Gasteiger charge is 2.37. The van der Waals surface area contributed by atoms with Gasteiger partial charge in [0.2, 0.25) is 11.8 Å². The molecule has 1 aliphatic rings. The molecule has 0 bridgehead atoms. The Hall–Kier alpha value is -0.350. The van der Waals surface area contributed by atoms with Crippen LogP contribution in [0.25, 0.3) is 0 Å². The van der Waals surface area contributed by atoms with Crippen LogP contribution < -0.4 is 0 Å². The van der Waals surface area contributed by atoms with E-state index in [-0.39, 0.29) is 17.7 Å². The molecule has 0 fully saturated rings. The fraction of sp³-hybridized carbons (Fsp3) is 0.833. The zero-order valence-corrected chi connectivity index (χ0v) is 12.6. The van der Waals surface area contributed by atoms with Gasteiger partial charge in [0.15, 0.2) is 0 Å². The molecule has 2 atom stereocenters. The summed E-state index contributed by atoms with van der Waals surface area (Å²) in [7, 11) is -0.635. The van der Waals surface area contributed by atoms with Crippen LogP contribution in [-0.4, -0.2) is 27.1 Å². The molecule has 1 aliphatic heterocycles. The first kappa shape index (κ1) is 15.7. The van der Waals surface area contributed by atoms with Gasteiger partial charge in [-0.25, -0.2) is 0 Å². The van der Waals surface area contributed by atoms with Crippen LogP contribution in [0.4, 0.5) is 0 Å². The Morgan fingerprint density at radius 2 is 2.06 bits per heavy atom. The summed E-state index contributed by atoms with van der Waals surface area (Å²) in [5, 5.41) is 0. The molecular formula is C12H23O5P. The summed E-state index contributed by atoms with van der Waals surface area (Å²) in [4.78, 5) is 0. The zero-order chi connectivity index (χ0) is 13.8. The van der Waals surface area contributed by atoms with Gasteiger partial charge in [-0.2, -0.15) is 0 Å². The van der Waals surface area contributed by atoms with Gasteiger partial charge in [-0.1, -0.05) is 13.8 Å². The molecule has 6 heteroatoms. The smallest absolute Gasteiger partial charge is 0.394 e. The van der Waals surface area contributed by atoms with E-state index < -0.39 is 7.60 Å². The summed E-state index contributed by atoms with van der Waals surface area (Å²) >= 11 is 0. The lowest BCUT2D eigenvalue weighted by atomic mass is 9.91. The van der Waals surface area contributed by atoms with Crippen LogP contribution in [0.15, 0.2) is 11.6 Å². The summed E-state index contributed by atoms with van der Waals surface area (Å²) in [6.07, 6.45) is 2.21. The van der Waals surface area contributed by atoms with Gasteiger partial charge in [-0.15, -0.1) is 0 Å². The molecule has 0 saturated heterocycles. The molecule has 0 saturated carbocycles. The standard InChI is InChI=1S/C12H23O5P/c1-6-16-11-7-10(9(2)3)8-12(17-11)18(13,14-4)15-5/h8-11H,6-7H2,1-5H3/t10-,11-/m1/s1. The van der Waals surface area contributed by atoms with Crippen LogP contribution in [0, 0.1) is 11.8 Å². The minimum absolute atomic E-state index is 0.240. The Bertz CT molecular complexity index is 331. The molecule has 0 aromatic carbocycles. The summed E-state index contributed by atoms with van der Waals surface area (Å²) < 4.78 is 33.3. The van der Waals surface area contributed by atoms with Crippen molar-refractivity contribution >= 4 is 7.60 Å². The Labute approximate surface area is 109 Å². The van der Waals surface area contributed by atoms with Crippen LogP contribution in [0.5, 0.6) is 0 Å². The molecule has 0 aliphatic carbocycles. The molecule has 0 unspecified atom stereocenters. The lowest BCUT2D eigenvalue weighted by Crippen LogP contribution is -2.27. The number of rotatable bonds is 6. The average molecular weight is 278 g/mol. The van der Waals surface area contributed by atoms with E-state index in [4.69, 9.17) is 18.5 Å². The molecule has 0 N–H and O–H groups in total. The van der Waals surface area contributed by atoms with E-state index in [2.05, 4.69) is 13.8 Å². The predicted octanol–water partition coefficient (Wildman–Crippen LogP) is 3.37. The van der Waals surface area contributed by atoms with Crippen LogP contribution in [-0.2, 0) is 23.1 Å². The molecule has 106 valence electrons. The van der Waals surface area contributed by atoms with Crippen molar-refractivity contribution < 1.29 is 23.1 Å². The largest absolute Gasteiger partial charge is 0.457 e. The number of hydrogen-bond donors (Lipinski definition) is 0. The quantitative estimate of drug-likeness (QED) is 0.697. The van der Waals surface area contributed by atoms with Crippen molar-refractivity contribution in [2.75, 3.05) is 20.8 Å².